The average molecular weight is 449 g/mol. The van der Waals surface area contributed by atoms with Gasteiger partial charge in [-0.1, -0.05) is 30.3 Å². The summed E-state index contributed by atoms with van der Waals surface area (Å²) in [5, 5.41) is 6.38. The molecule has 0 saturated heterocycles. The summed E-state index contributed by atoms with van der Waals surface area (Å²) in [5.74, 6) is -8.09. The van der Waals surface area contributed by atoms with Crippen molar-refractivity contribution in [3.05, 3.63) is 71.2 Å². The Kier molecular flexibility index (Phi) is 8.52. The maximum absolute atomic E-state index is 13.5. The zero-order valence-corrected chi connectivity index (χ0v) is 16.7. The number of carbonyl (C=O) groups is 4. The lowest BCUT2D eigenvalue weighted by molar-refractivity contribution is -0.145. The highest BCUT2D eigenvalue weighted by Gasteiger charge is 2.17. The Bertz CT molecular complexity index is 1060. The molecule has 0 unspecified atom stereocenters. The summed E-state index contributed by atoms with van der Waals surface area (Å²) in [4.78, 5) is 47.1. The standard InChI is InChI=1S/C21H18F3N3O5/c1-12(28)26-16(9-13-5-3-2-4-6-13)21(31)32-11-18(30)25-10-17(29)27-15-8-7-14(22)19(23)20(15)24/h2-9H,10-11H2,1H3,(H,25,30)(H,26,28)(H,27,29)/b16-9-. The molecule has 8 nitrogen and oxygen atoms in total. The molecule has 0 aromatic heterocycles. The topological polar surface area (TPSA) is 114 Å². The van der Waals surface area contributed by atoms with Crippen molar-refractivity contribution in [1.82, 2.24) is 10.6 Å². The van der Waals surface area contributed by atoms with Gasteiger partial charge in [0, 0.05) is 6.92 Å². The molecule has 0 aliphatic heterocycles. The Morgan fingerprint density at radius 3 is 2.28 bits per heavy atom. The Balaban J connectivity index is 1.87. The van der Waals surface area contributed by atoms with Crippen molar-refractivity contribution in [2.75, 3.05) is 18.5 Å². The maximum Gasteiger partial charge on any atom is 0.355 e. The Morgan fingerprint density at radius 1 is 0.938 bits per heavy atom. The van der Waals surface area contributed by atoms with Crippen molar-refractivity contribution in [1.29, 1.82) is 0 Å². The molecule has 2 aromatic rings. The van der Waals surface area contributed by atoms with Gasteiger partial charge in [-0.3, -0.25) is 14.4 Å². The molecule has 0 bridgehead atoms. The van der Waals surface area contributed by atoms with Crippen molar-refractivity contribution in [3.8, 4) is 0 Å². The van der Waals surface area contributed by atoms with Gasteiger partial charge in [-0.05, 0) is 23.8 Å². The molecular weight excluding hydrogens is 431 g/mol. The fourth-order valence-corrected chi connectivity index (χ4v) is 2.31. The van der Waals surface area contributed by atoms with Crippen molar-refractivity contribution >= 4 is 35.5 Å². The monoisotopic (exact) mass is 449 g/mol. The van der Waals surface area contributed by atoms with E-state index in [9.17, 15) is 32.3 Å². The molecule has 0 atom stereocenters. The lowest BCUT2D eigenvalue weighted by Crippen LogP contribution is -2.36. The van der Waals surface area contributed by atoms with Crippen LogP contribution in [-0.2, 0) is 23.9 Å². The van der Waals surface area contributed by atoms with Crippen molar-refractivity contribution in [3.63, 3.8) is 0 Å². The number of hydrogen-bond donors (Lipinski definition) is 3. The second-order valence-corrected chi connectivity index (χ2v) is 6.27. The number of halogens is 3. The minimum Gasteiger partial charge on any atom is -0.451 e. The van der Waals surface area contributed by atoms with E-state index in [0.717, 1.165) is 6.07 Å². The number of amides is 3. The smallest absolute Gasteiger partial charge is 0.355 e. The number of anilines is 1. The fourth-order valence-electron chi connectivity index (χ4n) is 2.31. The summed E-state index contributed by atoms with van der Waals surface area (Å²) < 4.78 is 44.4. The molecule has 3 N–H and O–H groups in total. The molecule has 3 amide bonds. The molecule has 11 heteroatoms. The largest absolute Gasteiger partial charge is 0.451 e. The van der Waals surface area contributed by atoms with E-state index in [2.05, 4.69) is 10.6 Å². The third-order valence-corrected chi connectivity index (χ3v) is 3.73. The first-order chi connectivity index (χ1) is 15.2. The van der Waals surface area contributed by atoms with Crippen molar-refractivity contribution in [2.24, 2.45) is 0 Å². The number of benzene rings is 2. The first-order valence-electron chi connectivity index (χ1n) is 9.09. The van der Waals surface area contributed by atoms with E-state index in [1.165, 1.54) is 13.0 Å². The number of hydrogen-bond acceptors (Lipinski definition) is 5. The van der Waals surface area contributed by atoms with Crippen LogP contribution in [0.3, 0.4) is 0 Å². The average Bonchev–Trinajstić information content (AvgIpc) is 2.76. The van der Waals surface area contributed by atoms with Gasteiger partial charge in [-0.15, -0.1) is 0 Å². The van der Waals surface area contributed by atoms with E-state index in [0.29, 0.717) is 11.6 Å². The van der Waals surface area contributed by atoms with E-state index in [4.69, 9.17) is 4.74 Å². The van der Waals surface area contributed by atoms with Crippen LogP contribution in [0.15, 0.2) is 48.2 Å². The van der Waals surface area contributed by atoms with Crippen LogP contribution < -0.4 is 16.0 Å². The molecule has 2 rings (SSSR count). The van der Waals surface area contributed by atoms with Crippen LogP contribution in [-0.4, -0.2) is 36.8 Å². The van der Waals surface area contributed by atoms with Gasteiger partial charge in [0.25, 0.3) is 5.91 Å². The van der Waals surface area contributed by atoms with Gasteiger partial charge in [0.05, 0.1) is 12.2 Å². The zero-order chi connectivity index (χ0) is 23.7. The lowest BCUT2D eigenvalue weighted by Gasteiger charge is -2.10. The summed E-state index contributed by atoms with van der Waals surface area (Å²) in [5.41, 5.74) is -0.220. The van der Waals surface area contributed by atoms with Crippen LogP contribution >= 0.6 is 0 Å². The van der Waals surface area contributed by atoms with E-state index < -0.39 is 60.0 Å². The Hall–Kier alpha value is -4.15. The summed E-state index contributed by atoms with van der Waals surface area (Å²) in [6.45, 7) is -0.252. The number of ether oxygens (including phenoxy) is 1. The first kappa shape index (κ1) is 24.1. The predicted octanol–water partition coefficient (Wildman–Crippen LogP) is 1.88. The minimum absolute atomic E-state index is 0.206. The highest BCUT2D eigenvalue weighted by atomic mass is 19.2. The molecule has 32 heavy (non-hydrogen) atoms. The van der Waals surface area contributed by atoms with Gasteiger partial charge in [0.2, 0.25) is 11.8 Å². The normalized spacial score (nSPS) is 10.8. The molecule has 0 spiro atoms. The Labute approximate surface area is 180 Å². The Morgan fingerprint density at radius 2 is 1.62 bits per heavy atom. The predicted molar refractivity (Wildman–Crippen MR) is 107 cm³/mol. The van der Waals surface area contributed by atoms with Crippen LogP contribution in [0.1, 0.15) is 12.5 Å². The third kappa shape index (κ3) is 7.27. The minimum atomic E-state index is -1.75. The molecule has 0 radical (unpaired) electrons. The zero-order valence-electron chi connectivity index (χ0n) is 16.7. The second-order valence-electron chi connectivity index (χ2n) is 6.27. The summed E-state index contributed by atoms with van der Waals surface area (Å²) >= 11 is 0. The molecular formula is C21H18F3N3O5. The fraction of sp³-hybridized carbons (Fsp3) is 0.143. The van der Waals surface area contributed by atoms with Crippen molar-refractivity contribution < 1.29 is 37.1 Å². The van der Waals surface area contributed by atoms with Gasteiger partial charge in [-0.2, -0.15) is 0 Å². The van der Waals surface area contributed by atoms with E-state index in [1.54, 1.807) is 30.3 Å². The summed E-state index contributed by atoms with van der Waals surface area (Å²) in [6.07, 6.45) is 1.35. The second kappa shape index (κ2) is 11.3. The molecule has 0 heterocycles. The lowest BCUT2D eigenvalue weighted by atomic mass is 10.2. The van der Waals surface area contributed by atoms with E-state index >= 15 is 0 Å². The van der Waals surface area contributed by atoms with E-state index in [-0.39, 0.29) is 5.70 Å². The van der Waals surface area contributed by atoms with Crippen molar-refractivity contribution in [2.45, 2.75) is 6.92 Å². The molecule has 2 aromatic carbocycles. The quantitative estimate of drug-likeness (QED) is 0.324. The number of nitrogens with one attached hydrogen (secondary N) is 3. The number of carbonyl (C=O) groups excluding carboxylic acids is 4. The number of rotatable bonds is 8. The number of esters is 1. The highest BCUT2D eigenvalue weighted by molar-refractivity contribution is 5.99. The van der Waals surface area contributed by atoms with Crippen LogP contribution in [0.4, 0.5) is 18.9 Å². The van der Waals surface area contributed by atoms with Gasteiger partial charge in [0.1, 0.15) is 5.70 Å². The summed E-state index contributed by atoms with van der Waals surface area (Å²) in [7, 11) is 0. The third-order valence-electron chi connectivity index (χ3n) is 3.73. The van der Waals surface area contributed by atoms with Crippen LogP contribution in [0.5, 0.6) is 0 Å². The molecule has 0 aliphatic carbocycles. The molecule has 0 aliphatic rings. The first-order valence-corrected chi connectivity index (χ1v) is 9.09. The van der Waals surface area contributed by atoms with Crippen LogP contribution in [0.25, 0.3) is 6.08 Å². The molecule has 0 saturated carbocycles. The summed E-state index contributed by atoms with van der Waals surface area (Å²) in [6, 6.07) is 9.99. The van der Waals surface area contributed by atoms with E-state index in [1.807, 2.05) is 5.32 Å². The maximum atomic E-state index is 13.5. The highest BCUT2D eigenvalue weighted by Crippen LogP contribution is 2.19. The van der Waals surface area contributed by atoms with Crippen LogP contribution in [0.2, 0.25) is 0 Å². The molecule has 168 valence electrons. The van der Waals surface area contributed by atoms with Crippen LogP contribution in [0, 0.1) is 17.5 Å². The van der Waals surface area contributed by atoms with Gasteiger partial charge >= 0.3 is 5.97 Å². The van der Waals surface area contributed by atoms with Gasteiger partial charge in [0.15, 0.2) is 24.1 Å². The van der Waals surface area contributed by atoms with Gasteiger partial charge < -0.3 is 20.7 Å². The SMILES string of the molecule is CC(=O)N/C(=C\c1ccccc1)C(=O)OCC(=O)NCC(=O)Nc1ccc(F)c(F)c1F. The van der Waals surface area contributed by atoms with Gasteiger partial charge in [-0.25, -0.2) is 18.0 Å². The molecule has 0 fully saturated rings.